The quantitative estimate of drug-likeness (QED) is 0.506. The summed E-state index contributed by atoms with van der Waals surface area (Å²) in [6.45, 7) is 2.71. The molecule has 1 unspecified atom stereocenters. The van der Waals surface area contributed by atoms with E-state index in [2.05, 4.69) is 17.6 Å². The first-order chi connectivity index (χ1) is 15.9. The molecule has 2 aromatic rings. The first-order valence-corrected chi connectivity index (χ1v) is 11.5. The zero-order valence-corrected chi connectivity index (χ0v) is 18.8. The number of amides is 2. The van der Waals surface area contributed by atoms with E-state index in [0.29, 0.717) is 6.54 Å². The average Bonchev–Trinajstić information content (AvgIpc) is 3.50. The number of hydrogen-bond donors (Lipinski definition) is 3. The minimum atomic E-state index is -1.18. The van der Waals surface area contributed by atoms with E-state index in [1.54, 1.807) is 0 Å². The number of carboxylic acids is 1. The molecular formula is C26H30N2O5. The summed E-state index contributed by atoms with van der Waals surface area (Å²) in [5.41, 5.74) is 4.52. The summed E-state index contributed by atoms with van der Waals surface area (Å²) in [5, 5.41) is 14.5. The Bertz CT molecular complexity index is 1000. The van der Waals surface area contributed by atoms with Gasteiger partial charge >= 0.3 is 12.1 Å². The van der Waals surface area contributed by atoms with Gasteiger partial charge in [-0.1, -0.05) is 61.9 Å². The van der Waals surface area contributed by atoms with Gasteiger partial charge in [-0.2, -0.15) is 0 Å². The van der Waals surface area contributed by atoms with Crippen molar-refractivity contribution in [2.24, 2.45) is 5.41 Å². The number of benzene rings is 2. The fourth-order valence-electron chi connectivity index (χ4n) is 4.79. The van der Waals surface area contributed by atoms with Gasteiger partial charge in [0.25, 0.3) is 0 Å². The number of fused-ring (bicyclic) bond motifs is 3. The third-order valence-corrected chi connectivity index (χ3v) is 6.71. The van der Waals surface area contributed by atoms with E-state index < -0.39 is 30.4 Å². The van der Waals surface area contributed by atoms with E-state index in [1.807, 2.05) is 48.5 Å². The Balaban J connectivity index is 1.37. The summed E-state index contributed by atoms with van der Waals surface area (Å²) in [5.74, 6) is -1.77. The van der Waals surface area contributed by atoms with E-state index in [-0.39, 0.29) is 17.9 Å². The maximum Gasteiger partial charge on any atom is 0.407 e. The maximum atomic E-state index is 12.6. The number of carbonyl (C=O) groups is 3. The van der Waals surface area contributed by atoms with E-state index >= 15 is 0 Å². The van der Waals surface area contributed by atoms with Crippen LogP contribution in [0.5, 0.6) is 0 Å². The lowest BCUT2D eigenvalue weighted by atomic mass is 9.98. The molecule has 33 heavy (non-hydrogen) atoms. The Morgan fingerprint density at radius 1 is 1.06 bits per heavy atom. The van der Waals surface area contributed by atoms with Gasteiger partial charge in [0.1, 0.15) is 12.6 Å². The van der Waals surface area contributed by atoms with Crippen molar-refractivity contribution in [3.63, 3.8) is 0 Å². The molecule has 2 aromatic carbocycles. The smallest absolute Gasteiger partial charge is 0.407 e. The molecule has 0 saturated heterocycles. The summed E-state index contributed by atoms with van der Waals surface area (Å²) in [6.07, 6.45) is 2.88. The maximum absolute atomic E-state index is 12.6. The molecule has 4 rings (SSSR count). The number of nitrogens with one attached hydrogen (secondary N) is 2. The molecule has 0 radical (unpaired) electrons. The molecule has 1 saturated carbocycles. The molecule has 0 bridgehead atoms. The van der Waals surface area contributed by atoms with E-state index in [1.165, 1.54) is 0 Å². The van der Waals surface area contributed by atoms with Crippen molar-refractivity contribution in [2.75, 3.05) is 13.2 Å². The van der Waals surface area contributed by atoms with Crippen LogP contribution < -0.4 is 10.6 Å². The molecule has 0 aromatic heterocycles. The van der Waals surface area contributed by atoms with Crippen molar-refractivity contribution < 1.29 is 24.2 Å². The first kappa shape index (κ1) is 22.8. The van der Waals surface area contributed by atoms with Gasteiger partial charge in [0, 0.05) is 12.5 Å². The van der Waals surface area contributed by atoms with Crippen molar-refractivity contribution >= 4 is 18.0 Å². The highest BCUT2D eigenvalue weighted by Crippen LogP contribution is 2.49. The molecule has 2 aliphatic carbocycles. The summed E-state index contributed by atoms with van der Waals surface area (Å²) in [4.78, 5) is 36.4. The predicted molar refractivity (Wildman–Crippen MR) is 124 cm³/mol. The molecule has 174 valence electrons. The second-order valence-electron chi connectivity index (χ2n) is 9.09. The minimum Gasteiger partial charge on any atom is -0.481 e. The highest BCUT2D eigenvalue weighted by Gasteiger charge is 2.42. The SMILES string of the molecule is CCCC1(CNC(=O)C(CC(=O)O)NC(=O)OCC2c3ccccc3-c3ccccc32)CC1. The van der Waals surface area contributed by atoms with Crippen molar-refractivity contribution in [2.45, 2.75) is 51.0 Å². The lowest BCUT2D eigenvalue weighted by Crippen LogP contribution is -2.49. The molecule has 1 atom stereocenters. The monoisotopic (exact) mass is 450 g/mol. The zero-order valence-electron chi connectivity index (χ0n) is 18.8. The standard InChI is InChI=1S/C26H30N2O5/c1-2-11-26(12-13-26)16-27-24(31)22(14-23(29)30)28-25(32)33-15-21-19-9-5-3-7-17(19)18-8-4-6-10-20(18)21/h3-10,21-22H,2,11-16H2,1H3,(H,27,31)(H,28,32)(H,29,30). The third kappa shape index (κ3) is 5.18. The van der Waals surface area contributed by atoms with Crippen molar-refractivity contribution in [3.8, 4) is 11.1 Å². The van der Waals surface area contributed by atoms with Crippen LogP contribution in [-0.4, -0.2) is 42.3 Å². The van der Waals surface area contributed by atoms with Crippen molar-refractivity contribution in [1.82, 2.24) is 10.6 Å². The lowest BCUT2D eigenvalue weighted by Gasteiger charge is -2.20. The number of carbonyl (C=O) groups excluding carboxylic acids is 2. The Labute approximate surface area is 193 Å². The Hall–Kier alpha value is -3.35. The van der Waals surface area contributed by atoms with Crippen LogP contribution in [0.15, 0.2) is 48.5 Å². The lowest BCUT2D eigenvalue weighted by molar-refractivity contribution is -0.139. The van der Waals surface area contributed by atoms with Crippen molar-refractivity contribution in [3.05, 3.63) is 59.7 Å². The second kappa shape index (κ2) is 9.65. The zero-order chi connectivity index (χ0) is 23.4. The normalized spacial score (nSPS) is 16.3. The molecule has 1 fully saturated rings. The average molecular weight is 451 g/mol. The molecule has 3 N–H and O–H groups in total. The van der Waals surface area contributed by atoms with Crippen LogP contribution in [0.3, 0.4) is 0 Å². The number of aliphatic carboxylic acids is 1. The van der Waals surface area contributed by atoms with Gasteiger partial charge < -0.3 is 20.5 Å². The van der Waals surface area contributed by atoms with Crippen LogP contribution in [0, 0.1) is 5.41 Å². The highest BCUT2D eigenvalue weighted by molar-refractivity contribution is 5.89. The number of carboxylic acid groups (broad SMARTS) is 1. The molecule has 7 heteroatoms. The van der Waals surface area contributed by atoms with Crippen LogP contribution in [0.4, 0.5) is 4.79 Å². The van der Waals surface area contributed by atoms with E-state index in [9.17, 15) is 19.5 Å². The molecule has 0 spiro atoms. The molecule has 0 aliphatic heterocycles. The van der Waals surface area contributed by atoms with Crippen LogP contribution >= 0.6 is 0 Å². The van der Waals surface area contributed by atoms with Crippen LogP contribution in [0.25, 0.3) is 11.1 Å². The van der Waals surface area contributed by atoms with Crippen molar-refractivity contribution in [1.29, 1.82) is 0 Å². The third-order valence-electron chi connectivity index (χ3n) is 6.71. The van der Waals surface area contributed by atoms with E-state index in [0.717, 1.165) is 47.9 Å². The first-order valence-electron chi connectivity index (χ1n) is 11.5. The number of alkyl carbamates (subject to hydrolysis) is 1. The van der Waals surface area contributed by atoms with Crippen LogP contribution in [-0.2, 0) is 14.3 Å². The molecule has 2 aliphatic rings. The topological polar surface area (TPSA) is 105 Å². The van der Waals surface area contributed by atoms with E-state index in [4.69, 9.17) is 4.74 Å². The fraction of sp³-hybridized carbons (Fsp3) is 0.423. The van der Waals surface area contributed by atoms with Gasteiger partial charge in [0.15, 0.2) is 0 Å². The molecular weight excluding hydrogens is 420 g/mol. The number of ether oxygens (including phenoxy) is 1. The van der Waals surface area contributed by atoms with Crippen LogP contribution in [0.1, 0.15) is 56.1 Å². The van der Waals surface area contributed by atoms with Gasteiger partial charge in [-0.3, -0.25) is 9.59 Å². The number of hydrogen-bond acceptors (Lipinski definition) is 4. The molecule has 2 amide bonds. The van der Waals surface area contributed by atoms with Gasteiger partial charge in [-0.15, -0.1) is 0 Å². The van der Waals surface area contributed by atoms with Gasteiger partial charge in [0.05, 0.1) is 6.42 Å². The predicted octanol–water partition coefficient (Wildman–Crippen LogP) is 4.06. The molecule has 0 heterocycles. The summed E-state index contributed by atoms with van der Waals surface area (Å²) in [7, 11) is 0. The largest absolute Gasteiger partial charge is 0.481 e. The summed E-state index contributed by atoms with van der Waals surface area (Å²) >= 11 is 0. The minimum absolute atomic E-state index is 0.0981. The van der Waals surface area contributed by atoms with Crippen LogP contribution in [0.2, 0.25) is 0 Å². The summed E-state index contributed by atoms with van der Waals surface area (Å²) < 4.78 is 5.48. The Morgan fingerprint density at radius 2 is 1.67 bits per heavy atom. The summed E-state index contributed by atoms with van der Waals surface area (Å²) in [6, 6.07) is 14.8. The van der Waals surface area contributed by atoms with Gasteiger partial charge in [-0.25, -0.2) is 4.79 Å². The van der Waals surface area contributed by atoms with Gasteiger partial charge in [-0.05, 0) is 46.9 Å². The molecule has 7 nitrogen and oxygen atoms in total. The highest BCUT2D eigenvalue weighted by atomic mass is 16.5. The second-order valence-corrected chi connectivity index (χ2v) is 9.09. The Kier molecular flexibility index (Phi) is 6.67. The van der Waals surface area contributed by atoms with Gasteiger partial charge in [0.2, 0.25) is 5.91 Å². The Morgan fingerprint density at radius 3 is 2.21 bits per heavy atom. The number of rotatable bonds is 10. The fourth-order valence-corrected chi connectivity index (χ4v) is 4.79.